The van der Waals surface area contributed by atoms with Crippen LogP contribution in [0.2, 0.25) is 0 Å². The number of fused-ring (bicyclic) bond motifs is 1. The zero-order chi connectivity index (χ0) is 15.0. The first-order chi connectivity index (χ1) is 10.0. The summed E-state index contributed by atoms with van der Waals surface area (Å²) in [7, 11) is 0. The number of hydrogen-bond donors (Lipinski definition) is 3. The second-order valence-corrected chi connectivity index (χ2v) is 6.34. The molecule has 5 N–H and O–H groups in total. The van der Waals surface area contributed by atoms with Crippen LogP contribution in [0.15, 0.2) is 27.1 Å². The number of aromatic amines is 1. The fourth-order valence-corrected chi connectivity index (χ4v) is 3.74. The fourth-order valence-electron chi connectivity index (χ4n) is 1.81. The van der Waals surface area contributed by atoms with Crippen LogP contribution in [0.4, 0.5) is 11.8 Å². The molecule has 0 unspecified atom stereocenters. The van der Waals surface area contributed by atoms with Gasteiger partial charge in [0.15, 0.2) is 5.16 Å². The summed E-state index contributed by atoms with van der Waals surface area (Å²) in [5, 5.41) is 1.94. The fraction of sp³-hybridized carbons (Fsp3) is 0.167. The van der Waals surface area contributed by atoms with Crippen molar-refractivity contribution in [3.05, 3.63) is 27.4 Å². The van der Waals surface area contributed by atoms with E-state index in [1.54, 1.807) is 11.3 Å². The maximum absolute atomic E-state index is 11.4. The molecule has 3 rings (SSSR count). The van der Waals surface area contributed by atoms with Crippen LogP contribution < -0.4 is 17.0 Å². The van der Waals surface area contributed by atoms with Gasteiger partial charge in [-0.1, -0.05) is 6.92 Å². The predicted molar refractivity (Wildman–Crippen MR) is 84.6 cm³/mol. The van der Waals surface area contributed by atoms with Crippen LogP contribution in [0.1, 0.15) is 11.8 Å². The molecule has 7 nitrogen and oxygen atoms in total. The first kappa shape index (κ1) is 13.8. The zero-order valence-corrected chi connectivity index (χ0v) is 12.7. The van der Waals surface area contributed by atoms with Crippen LogP contribution in [0.5, 0.6) is 0 Å². The molecule has 0 bridgehead atoms. The maximum atomic E-state index is 11.4. The van der Waals surface area contributed by atoms with E-state index >= 15 is 0 Å². The van der Waals surface area contributed by atoms with E-state index < -0.39 is 0 Å². The molecule has 3 aromatic rings. The van der Waals surface area contributed by atoms with Gasteiger partial charge >= 0.3 is 0 Å². The number of nitrogens with two attached hydrogens (primary N) is 2. The highest BCUT2D eigenvalue weighted by molar-refractivity contribution is 7.99. The molecule has 3 heterocycles. The number of nitrogens with one attached hydrogen (secondary N) is 1. The van der Waals surface area contributed by atoms with Crippen molar-refractivity contribution in [1.29, 1.82) is 0 Å². The highest BCUT2D eigenvalue weighted by atomic mass is 32.2. The van der Waals surface area contributed by atoms with E-state index in [0.29, 0.717) is 10.2 Å². The minimum Gasteiger partial charge on any atom is -0.383 e. The summed E-state index contributed by atoms with van der Waals surface area (Å²) in [6.45, 7) is 2.07. The number of anilines is 2. The van der Waals surface area contributed by atoms with E-state index in [9.17, 15) is 4.79 Å². The first-order valence-electron chi connectivity index (χ1n) is 6.15. The molecule has 0 spiro atoms. The molecular formula is C12H12N6OS2. The average molecular weight is 320 g/mol. The van der Waals surface area contributed by atoms with Crippen molar-refractivity contribution in [3.63, 3.8) is 0 Å². The monoisotopic (exact) mass is 320 g/mol. The number of H-pyrrole nitrogens is 1. The van der Waals surface area contributed by atoms with E-state index in [2.05, 4.69) is 26.9 Å². The first-order valence-corrected chi connectivity index (χ1v) is 7.79. The van der Waals surface area contributed by atoms with Gasteiger partial charge in [0.05, 0.1) is 0 Å². The van der Waals surface area contributed by atoms with Crippen molar-refractivity contribution in [2.24, 2.45) is 0 Å². The Bertz CT molecular complexity index is 872. The van der Waals surface area contributed by atoms with Crippen LogP contribution >= 0.6 is 23.1 Å². The van der Waals surface area contributed by atoms with E-state index in [0.717, 1.165) is 16.6 Å². The summed E-state index contributed by atoms with van der Waals surface area (Å²) in [4.78, 5) is 28.6. The molecule has 0 fully saturated rings. The Kier molecular flexibility index (Phi) is 3.52. The molecule has 0 saturated carbocycles. The van der Waals surface area contributed by atoms with Gasteiger partial charge in [0, 0.05) is 16.3 Å². The third kappa shape index (κ3) is 2.83. The lowest BCUT2D eigenvalue weighted by atomic mass is 10.3. The summed E-state index contributed by atoms with van der Waals surface area (Å²) in [6.07, 6.45) is 0.915. The lowest BCUT2D eigenvalue weighted by molar-refractivity contribution is 0.941. The molecule has 0 aliphatic rings. The number of hydrogen-bond acceptors (Lipinski definition) is 8. The standard InChI is InChI=1S/C12H12N6OS2/c1-2-5-3-6-9(20-5)17-11(14)18-10(6)21-12-15-7(13)4-8(19)16-12/h3-4H,2H2,1H3,(H2,14,17,18)(H3,13,15,16,19). The van der Waals surface area contributed by atoms with Gasteiger partial charge in [-0.15, -0.1) is 11.3 Å². The number of aromatic nitrogens is 4. The van der Waals surface area contributed by atoms with Crippen molar-refractivity contribution >= 4 is 45.1 Å². The Morgan fingerprint density at radius 1 is 1.29 bits per heavy atom. The molecular weight excluding hydrogens is 308 g/mol. The third-order valence-corrected chi connectivity index (χ3v) is 4.77. The molecule has 0 saturated heterocycles. The largest absolute Gasteiger partial charge is 0.383 e. The number of nitrogen functional groups attached to an aromatic ring is 2. The molecule has 108 valence electrons. The normalized spacial score (nSPS) is 11.1. The minimum absolute atomic E-state index is 0.166. The van der Waals surface area contributed by atoms with E-state index in [1.165, 1.54) is 22.7 Å². The zero-order valence-electron chi connectivity index (χ0n) is 11.1. The summed E-state index contributed by atoms with van der Waals surface area (Å²) in [5.74, 6) is 0.361. The van der Waals surface area contributed by atoms with Gasteiger partial charge in [-0.25, -0.2) is 15.0 Å². The maximum Gasteiger partial charge on any atom is 0.253 e. The van der Waals surface area contributed by atoms with Gasteiger partial charge < -0.3 is 16.5 Å². The molecule has 0 atom stereocenters. The van der Waals surface area contributed by atoms with Gasteiger partial charge in [-0.05, 0) is 24.2 Å². The molecule has 21 heavy (non-hydrogen) atoms. The van der Waals surface area contributed by atoms with Gasteiger partial charge in [0.2, 0.25) is 5.95 Å². The number of rotatable bonds is 3. The number of aryl methyl sites for hydroxylation is 1. The number of thiophene rings is 1. The second kappa shape index (κ2) is 5.34. The minimum atomic E-state index is -0.303. The predicted octanol–water partition coefficient (Wildman–Crippen LogP) is 1.65. The average Bonchev–Trinajstić information content (AvgIpc) is 2.80. The SMILES string of the molecule is CCc1cc2c(Sc3nc(N)cc(=O)[nH]3)nc(N)nc2s1. The molecule has 3 aromatic heterocycles. The van der Waals surface area contributed by atoms with Gasteiger partial charge in [-0.3, -0.25) is 4.79 Å². The van der Waals surface area contributed by atoms with Crippen molar-refractivity contribution in [2.75, 3.05) is 11.5 Å². The highest BCUT2D eigenvalue weighted by Gasteiger charge is 2.13. The van der Waals surface area contributed by atoms with Crippen molar-refractivity contribution < 1.29 is 0 Å². The Morgan fingerprint density at radius 2 is 2.10 bits per heavy atom. The van der Waals surface area contributed by atoms with Crippen LogP contribution in [0.25, 0.3) is 10.2 Å². The topological polar surface area (TPSA) is 124 Å². The molecule has 0 radical (unpaired) electrons. The second-order valence-electron chi connectivity index (χ2n) is 4.25. The molecule has 9 heteroatoms. The Balaban J connectivity index is 2.10. The molecule has 0 aliphatic carbocycles. The van der Waals surface area contributed by atoms with Crippen molar-refractivity contribution in [3.8, 4) is 0 Å². The lowest BCUT2D eigenvalue weighted by Crippen LogP contribution is -2.09. The molecule has 0 aromatic carbocycles. The van der Waals surface area contributed by atoms with Crippen molar-refractivity contribution in [1.82, 2.24) is 19.9 Å². The summed E-state index contributed by atoms with van der Waals surface area (Å²) >= 11 is 2.79. The van der Waals surface area contributed by atoms with Crippen LogP contribution in [0, 0.1) is 0 Å². The Labute approximate surface area is 127 Å². The molecule has 0 amide bonds. The third-order valence-electron chi connectivity index (χ3n) is 2.71. The van der Waals surface area contributed by atoms with Crippen LogP contribution in [-0.2, 0) is 6.42 Å². The van der Waals surface area contributed by atoms with Crippen LogP contribution in [-0.4, -0.2) is 19.9 Å². The highest BCUT2D eigenvalue weighted by Crippen LogP contribution is 2.34. The van der Waals surface area contributed by atoms with Crippen molar-refractivity contribution in [2.45, 2.75) is 23.5 Å². The van der Waals surface area contributed by atoms with Crippen LogP contribution in [0.3, 0.4) is 0 Å². The Hall–Kier alpha value is -2.13. The van der Waals surface area contributed by atoms with E-state index in [4.69, 9.17) is 11.5 Å². The Morgan fingerprint density at radius 3 is 2.81 bits per heavy atom. The van der Waals surface area contributed by atoms with Gasteiger partial charge in [0.1, 0.15) is 15.7 Å². The summed E-state index contributed by atoms with van der Waals surface area (Å²) in [6, 6.07) is 3.26. The summed E-state index contributed by atoms with van der Waals surface area (Å²) < 4.78 is 0. The quantitative estimate of drug-likeness (QED) is 0.495. The smallest absolute Gasteiger partial charge is 0.253 e. The van der Waals surface area contributed by atoms with Gasteiger partial charge in [0.25, 0.3) is 5.56 Å². The summed E-state index contributed by atoms with van der Waals surface area (Å²) in [5.41, 5.74) is 11.0. The number of nitrogens with zero attached hydrogens (tertiary/aromatic N) is 3. The lowest BCUT2D eigenvalue weighted by Gasteiger charge is -2.03. The van der Waals surface area contributed by atoms with E-state index in [-0.39, 0.29) is 17.3 Å². The molecule has 0 aliphatic heterocycles. The van der Waals surface area contributed by atoms with E-state index in [1.807, 2.05) is 6.07 Å². The van der Waals surface area contributed by atoms with Gasteiger partial charge in [-0.2, -0.15) is 0 Å².